The zero-order chi connectivity index (χ0) is 8.97. The lowest BCUT2D eigenvalue weighted by molar-refractivity contribution is -0.131. The van der Waals surface area contributed by atoms with E-state index < -0.39 is 5.97 Å². The van der Waals surface area contributed by atoms with Gasteiger partial charge in [-0.2, -0.15) is 16.6 Å². The van der Waals surface area contributed by atoms with Crippen LogP contribution in [0, 0.1) is 11.3 Å². The summed E-state index contributed by atoms with van der Waals surface area (Å²) >= 11 is 1.43. The van der Waals surface area contributed by atoms with Crippen LogP contribution in [0.3, 0.4) is 0 Å². The van der Waals surface area contributed by atoms with Crippen molar-refractivity contribution in [2.24, 2.45) is 0 Å². The van der Waals surface area contributed by atoms with Gasteiger partial charge < -0.3 is 5.11 Å². The Hall–Kier alpha value is -1.60. The molecule has 1 N–H and O–H groups in total. The quantitative estimate of drug-likeness (QED) is 0.555. The van der Waals surface area contributed by atoms with Crippen molar-refractivity contribution in [3.05, 3.63) is 28.5 Å². The molecule has 60 valence electrons. The number of carboxylic acid groups (broad SMARTS) is 1. The molecule has 0 bridgehead atoms. The molecule has 0 aliphatic carbocycles. The Kier molecular flexibility index (Phi) is 2.62. The van der Waals surface area contributed by atoms with E-state index >= 15 is 0 Å². The van der Waals surface area contributed by atoms with Crippen molar-refractivity contribution in [1.29, 1.82) is 5.26 Å². The predicted molar refractivity (Wildman–Crippen MR) is 45.5 cm³/mol. The Morgan fingerprint density at radius 1 is 1.75 bits per heavy atom. The third-order valence-corrected chi connectivity index (χ3v) is 1.90. The standard InChI is InChI=1S/C8H5NO2S/c9-4-7(3-8(10)11)6-1-2-12-5-6/h1-3,5H,(H,10,11). The van der Waals surface area contributed by atoms with Crippen molar-refractivity contribution < 1.29 is 9.90 Å². The number of nitrogens with zero attached hydrogens (tertiary/aromatic N) is 1. The average Bonchev–Trinajstić information content (AvgIpc) is 2.51. The van der Waals surface area contributed by atoms with Gasteiger partial charge in [-0.15, -0.1) is 0 Å². The topological polar surface area (TPSA) is 61.1 Å². The summed E-state index contributed by atoms with van der Waals surface area (Å²) in [6.45, 7) is 0. The van der Waals surface area contributed by atoms with Crippen LogP contribution in [0.2, 0.25) is 0 Å². The van der Waals surface area contributed by atoms with Crippen LogP contribution >= 0.6 is 11.3 Å². The monoisotopic (exact) mass is 179 g/mol. The molecule has 0 atom stereocenters. The minimum absolute atomic E-state index is 0.184. The molecule has 1 heterocycles. The maximum atomic E-state index is 10.2. The summed E-state index contributed by atoms with van der Waals surface area (Å²) in [5, 5.41) is 20.5. The first kappa shape index (κ1) is 8.50. The van der Waals surface area contributed by atoms with E-state index in [1.807, 2.05) is 6.07 Å². The highest BCUT2D eigenvalue weighted by Crippen LogP contribution is 2.16. The van der Waals surface area contributed by atoms with Crippen LogP contribution in [0.15, 0.2) is 22.9 Å². The first-order valence-corrected chi connectivity index (χ1v) is 4.05. The van der Waals surface area contributed by atoms with E-state index in [9.17, 15) is 4.79 Å². The van der Waals surface area contributed by atoms with Crippen LogP contribution in [0.25, 0.3) is 5.57 Å². The fraction of sp³-hybridized carbons (Fsp3) is 0. The van der Waals surface area contributed by atoms with E-state index in [4.69, 9.17) is 10.4 Å². The molecule has 0 aliphatic rings. The van der Waals surface area contributed by atoms with Gasteiger partial charge in [-0.25, -0.2) is 4.79 Å². The van der Waals surface area contributed by atoms with Crippen LogP contribution in [0.1, 0.15) is 5.56 Å². The number of hydrogen-bond donors (Lipinski definition) is 1. The van der Waals surface area contributed by atoms with Crippen molar-refractivity contribution >= 4 is 22.9 Å². The maximum Gasteiger partial charge on any atom is 0.329 e. The van der Waals surface area contributed by atoms with Crippen LogP contribution in [-0.2, 0) is 4.79 Å². The Bertz CT molecular complexity index is 346. The summed E-state index contributed by atoms with van der Waals surface area (Å²) in [5.41, 5.74) is 0.841. The normalized spacial score (nSPS) is 10.8. The van der Waals surface area contributed by atoms with E-state index in [0.29, 0.717) is 5.56 Å². The summed E-state index contributed by atoms with van der Waals surface area (Å²) in [4.78, 5) is 10.2. The molecule has 0 aliphatic heterocycles. The Labute approximate surface area is 73.2 Å². The van der Waals surface area contributed by atoms with Gasteiger partial charge in [0.1, 0.15) is 6.07 Å². The molecule has 0 fully saturated rings. The molecule has 1 aromatic heterocycles. The molecule has 0 saturated heterocycles. The molecule has 0 amide bonds. The summed E-state index contributed by atoms with van der Waals surface area (Å²) in [5.74, 6) is -1.10. The third-order valence-electron chi connectivity index (χ3n) is 1.22. The summed E-state index contributed by atoms with van der Waals surface area (Å²) in [6, 6.07) is 3.53. The second-order valence-electron chi connectivity index (χ2n) is 2.02. The van der Waals surface area contributed by atoms with Gasteiger partial charge in [0.15, 0.2) is 0 Å². The van der Waals surface area contributed by atoms with Gasteiger partial charge in [-0.05, 0) is 16.8 Å². The minimum atomic E-state index is -1.10. The largest absolute Gasteiger partial charge is 0.478 e. The van der Waals surface area contributed by atoms with Gasteiger partial charge in [0.25, 0.3) is 0 Å². The number of thiophene rings is 1. The second-order valence-corrected chi connectivity index (χ2v) is 2.80. The maximum absolute atomic E-state index is 10.2. The first-order valence-electron chi connectivity index (χ1n) is 3.11. The lowest BCUT2D eigenvalue weighted by atomic mass is 10.1. The fourth-order valence-electron chi connectivity index (χ4n) is 0.721. The number of carbonyl (C=O) groups is 1. The van der Waals surface area contributed by atoms with Crippen molar-refractivity contribution in [2.75, 3.05) is 0 Å². The summed E-state index contributed by atoms with van der Waals surface area (Å²) in [7, 11) is 0. The fourth-order valence-corrected chi connectivity index (χ4v) is 1.38. The van der Waals surface area contributed by atoms with Gasteiger partial charge in [0, 0.05) is 11.6 Å². The predicted octanol–water partition coefficient (Wildman–Crippen LogP) is 1.74. The molecule has 3 nitrogen and oxygen atoms in total. The molecule has 4 heteroatoms. The van der Waals surface area contributed by atoms with Crippen molar-refractivity contribution in [3.8, 4) is 6.07 Å². The summed E-state index contributed by atoms with van der Waals surface area (Å²) < 4.78 is 0. The zero-order valence-electron chi connectivity index (χ0n) is 6.02. The minimum Gasteiger partial charge on any atom is -0.478 e. The molecule has 1 rings (SSSR count). The lowest BCUT2D eigenvalue weighted by Gasteiger charge is -1.89. The number of carboxylic acids is 1. The highest BCUT2D eigenvalue weighted by atomic mass is 32.1. The smallest absolute Gasteiger partial charge is 0.329 e. The highest BCUT2D eigenvalue weighted by molar-refractivity contribution is 7.08. The number of aliphatic carboxylic acids is 1. The Morgan fingerprint density at radius 3 is 2.92 bits per heavy atom. The van der Waals surface area contributed by atoms with E-state index in [1.165, 1.54) is 11.3 Å². The Balaban J connectivity index is 3.01. The zero-order valence-corrected chi connectivity index (χ0v) is 6.84. The van der Waals surface area contributed by atoms with Crippen molar-refractivity contribution in [2.45, 2.75) is 0 Å². The van der Waals surface area contributed by atoms with Crippen LogP contribution in [0.4, 0.5) is 0 Å². The number of hydrogen-bond acceptors (Lipinski definition) is 3. The molecular weight excluding hydrogens is 174 g/mol. The van der Waals surface area contributed by atoms with E-state index in [1.54, 1.807) is 16.8 Å². The molecule has 0 saturated carbocycles. The number of allylic oxidation sites excluding steroid dienone is 1. The molecule has 0 radical (unpaired) electrons. The molecule has 1 aromatic rings. The molecule has 0 spiro atoms. The number of rotatable bonds is 2. The first-order chi connectivity index (χ1) is 5.74. The van der Waals surface area contributed by atoms with Crippen LogP contribution < -0.4 is 0 Å². The molecular formula is C8H5NO2S. The summed E-state index contributed by atoms with van der Waals surface area (Å²) in [6.07, 6.45) is 0.905. The van der Waals surface area contributed by atoms with E-state index in [-0.39, 0.29) is 5.57 Å². The van der Waals surface area contributed by atoms with Gasteiger partial charge in [0.05, 0.1) is 5.57 Å². The van der Waals surface area contributed by atoms with Gasteiger partial charge in [-0.1, -0.05) is 0 Å². The van der Waals surface area contributed by atoms with E-state index in [2.05, 4.69) is 0 Å². The lowest BCUT2D eigenvalue weighted by Crippen LogP contribution is -1.89. The van der Waals surface area contributed by atoms with Gasteiger partial charge in [-0.3, -0.25) is 0 Å². The van der Waals surface area contributed by atoms with Crippen LogP contribution in [-0.4, -0.2) is 11.1 Å². The second kappa shape index (κ2) is 3.69. The van der Waals surface area contributed by atoms with Crippen molar-refractivity contribution in [1.82, 2.24) is 0 Å². The molecule has 0 unspecified atom stereocenters. The van der Waals surface area contributed by atoms with Crippen molar-refractivity contribution in [3.63, 3.8) is 0 Å². The number of nitriles is 1. The van der Waals surface area contributed by atoms with Gasteiger partial charge >= 0.3 is 5.97 Å². The molecule has 12 heavy (non-hydrogen) atoms. The van der Waals surface area contributed by atoms with Crippen LogP contribution in [0.5, 0.6) is 0 Å². The Morgan fingerprint density at radius 2 is 2.50 bits per heavy atom. The third kappa shape index (κ3) is 1.94. The van der Waals surface area contributed by atoms with Gasteiger partial charge in [0.2, 0.25) is 0 Å². The average molecular weight is 179 g/mol. The molecule has 0 aromatic carbocycles. The van der Waals surface area contributed by atoms with E-state index in [0.717, 1.165) is 6.08 Å². The SMILES string of the molecule is N#CC(=CC(=O)O)c1ccsc1. The highest BCUT2D eigenvalue weighted by Gasteiger charge is 2.02.